The van der Waals surface area contributed by atoms with Crippen molar-refractivity contribution in [2.45, 2.75) is 25.7 Å². The molecule has 0 aromatic heterocycles. The third-order valence-electron chi connectivity index (χ3n) is 2.04. The molecule has 0 saturated heterocycles. The molecule has 1 aliphatic carbocycles. The first-order valence-corrected chi connectivity index (χ1v) is 5.30. The van der Waals surface area contributed by atoms with Crippen molar-refractivity contribution < 1.29 is 9.59 Å². The van der Waals surface area contributed by atoms with E-state index in [0.717, 1.165) is 11.4 Å². The van der Waals surface area contributed by atoms with Gasteiger partial charge in [0.15, 0.2) is 0 Å². The topological polar surface area (TPSA) is 34.1 Å². The van der Waals surface area contributed by atoms with Crippen LogP contribution >= 0.6 is 11.6 Å². The van der Waals surface area contributed by atoms with Crippen LogP contribution in [-0.2, 0) is 9.59 Å². The van der Waals surface area contributed by atoms with Gasteiger partial charge >= 0.3 is 0 Å². The molecule has 3 heteroatoms. The molecule has 2 nitrogen and oxygen atoms in total. The zero-order valence-corrected chi connectivity index (χ0v) is 9.17. The van der Waals surface area contributed by atoms with Crippen LogP contribution < -0.4 is 0 Å². The fraction of sp³-hybridized carbons (Fsp3) is 0.333. The summed E-state index contributed by atoms with van der Waals surface area (Å²) in [6.45, 7) is 0. The van der Waals surface area contributed by atoms with Gasteiger partial charge in [-0.05, 0) is 18.6 Å². The number of ketones is 2. The zero-order chi connectivity index (χ0) is 11.1. The van der Waals surface area contributed by atoms with Crippen LogP contribution in [0.5, 0.6) is 0 Å². The minimum atomic E-state index is 0.112. The largest absolute Gasteiger partial charge is 0.299 e. The summed E-state index contributed by atoms with van der Waals surface area (Å²) in [5, 5.41) is 0.794. The quantitative estimate of drug-likeness (QED) is 0.635. The molecule has 0 bridgehead atoms. The molecule has 1 aromatic rings. The van der Waals surface area contributed by atoms with E-state index in [-0.39, 0.29) is 18.0 Å². The van der Waals surface area contributed by atoms with E-state index in [0.29, 0.717) is 12.8 Å². The molecule has 0 N–H and O–H groups in total. The lowest BCUT2D eigenvalue weighted by atomic mass is 9.98. The predicted octanol–water partition coefficient (Wildman–Crippen LogP) is 3.04. The third-order valence-corrected chi connectivity index (χ3v) is 2.29. The van der Waals surface area contributed by atoms with E-state index in [4.69, 9.17) is 11.6 Å². The van der Waals surface area contributed by atoms with Crippen molar-refractivity contribution in [1.82, 2.24) is 0 Å². The number of Topliss-reactive ketones (excluding diaryl/α,β-unsaturated/α-hetero) is 2. The van der Waals surface area contributed by atoms with Crippen molar-refractivity contribution >= 4 is 23.2 Å². The standard InChI is InChI=1S/C6H5Cl.C6H8O2/c7-6-4-2-1-3-5-6;7-5-2-1-3-6(8)4-5/h1-5H;1-4H2. The predicted molar refractivity (Wildman–Crippen MR) is 59.9 cm³/mol. The highest BCUT2D eigenvalue weighted by Crippen LogP contribution is 2.09. The number of hydrogen-bond donors (Lipinski definition) is 0. The smallest absolute Gasteiger partial charge is 0.140 e. The number of rotatable bonds is 0. The Morgan fingerprint density at radius 2 is 1.47 bits per heavy atom. The molecule has 0 spiro atoms. The van der Waals surface area contributed by atoms with Crippen molar-refractivity contribution in [1.29, 1.82) is 0 Å². The molecule has 1 saturated carbocycles. The molecule has 1 aliphatic rings. The van der Waals surface area contributed by atoms with Gasteiger partial charge in [0.25, 0.3) is 0 Å². The first-order chi connectivity index (χ1) is 7.18. The van der Waals surface area contributed by atoms with Crippen molar-refractivity contribution in [2.24, 2.45) is 0 Å². The number of halogens is 1. The highest BCUT2D eigenvalue weighted by molar-refractivity contribution is 6.30. The molecular weight excluding hydrogens is 212 g/mol. The van der Waals surface area contributed by atoms with E-state index in [1.165, 1.54) is 0 Å². The highest BCUT2D eigenvalue weighted by Gasteiger charge is 2.14. The minimum Gasteiger partial charge on any atom is -0.299 e. The van der Waals surface area contributed by atoms with Crippen molar-refractivity contribution in [3.05, 3.63) is 35.4 Å². The summed E-state index contributed by atoms with van der Waals surface area (Å²) in [6.07, 6.45) is 2.20. The average molecular weight is 225 g/mol. The zero-order valence-electron chi connectivity index (χ0n) is 8.41. The van der Waals surface area contributed by atoms with Crippen LogP contribution in [0.15, 0.2) is 30.3 Å². The Bertz CT molecular complexity index is 319. The maximum absolute atomic E-state index is 10.5. The second-order valence-corrected chi connectivity index (χ2v) is 3.84. The maximum Gasteiger partial charge on any atom is 0.140 e. The molecular formula is C12H13ClO2. The number of carbonyl (C=O) groups is 2. The lowest BCUT2D eigenvalue weighted by Gasteiger charge is -2.04. The lowest BCUT2D eigenvalue weighted by Crippen LogP contribution is -2.13. The fourth-order valence-electron chi connectivity index (χ4n) is 1.29. The van der Waals surface area contributed by atoms with E-state index < -0.39 is 0 Å². The van der Waals surface area contributed by atoms with Crippen LogP contribution in [0.2, 0.25) is 5.02 Å². The second-order valence-electron chi connectivity index (χ2n) is 3.40. The van der Waals surface area contributed by atoms with Crippen LogP contribution in [0.1, 0.15) is 25.7 Å². The molecule has 0 amide bonds. The van der Waals surface area contributed by atoms with Crippen molar-refractivity contribution in [2.75, 3.05) is 0 Å². The minimum absolute atomic E-state index is 0.112. The molecule has 80 valence electrons. The van der Waals surface area contributed by atoms with Gasteiger partial charge in [0, 0.05) is 17.9 Å². The summed E-state index contributed by atoms with van der Waals surface area (Å²) in [4.78, 5) is 20.9. The van der Waals surface area contributed by atoms with Gasteiger partial charge in [-0.15, -0.1) is 0 Å². The van der Waals surface area contributed by atoms with Crippen molar-refractivity contribution in [3.8, 4) is 0 Å². The molecule has 1 aromatic carbocycles. The van der Waals surface area contributed by atoms with Gasteiger partial charge in [0.1, 0.15) is 11.6 Å². The molecule has 2 rings (SSSR count). The highest BCUT2D eigenvalue weighted by atomic mass is 35.5. The fourth-order valence-corrected chi connectivity index (χ4v) is 1.44. The Hall–Kier alpha value is -1.15. The Kier molecular flexibility index (Phi) is 5.05. The first-order valence-electron chi connectivity index (χ1n) is 4.92. The first kappa shape index (κ1) is 11.9. The van der Waals surface area contributed by atoms with Gasteiger partial charge in [-0.2, -0.15) is 0 Å². The Balaban J connectivity index is 0.000000151. The Labute approximate surface area is 94.2 Å². The number of hydrogen-bond acceptors (Lipinski definition) is 2. The number of carbonyl (C=O) groups excluding carboxylic acids is 2. The molecule has 0 aliphatic heterocycles. The molecule has 0 atom stereocenters. The summed E-state index contributed by atoms with van der Waals surface area (Å²) in [7, 11) is 0. The normalized spacial score (nSPS) is 15.5. The van der Waals surface area contributed by atoms with E-state index in [9.17, 15) is 9.59 Å². The molecule has 1 fully saturated rings. The monoisotopic (exact) mass is 224 g/mol. The average Bonchev–Trinajstić information content (AvgIpc) is 2.19. The summed E-state index contributed by atoms with van der Waals surface area (Å²) < 4.78 is 0. The van der Waals surface area contributed by atoms with Gasteiger partial charge in [-0.25, -0.2) is 0 Å². The Morgan fingerprint density at radius 3 is 1.73 bits per heavy atom. The summed E-state index contributed by atoms with van der Waals surface area (Å²) in [5.74, 6) is 0.225. The number of benzene rings is 1. The van der Waals surface area contributed by atoms with E-state index in [1.807, 2.05) is 30.3 Å². The van der Waals surface area contributed by atoms with Crippen LogP contribution in [0.4, 0.5) is 0 Å². The van der Waals surface area contributed by atoms with Crippen molar-refractivity contribution in [3.63, 3.8) is 0 Å². The molecule has 0 radical (unpaired) electrons. The maximum atomic E-state index is 10.5. The van der Waals surface area contributed by atoms with Gasteiger partial charge in [-0.1, -0.05) is 29.8 Å². The molecule has 0 unspecified atom stereocenters. The van der Waals surface area contributed by atoms with E-state index in [2.05, 4.69) is 0 Å². The summed E-state index contributed by atoms with van der Waals surface area (Å²) in [5.41, 5.74) is 0. The van der Waals surface area contributed by atoms with Crippen LogP contribution in [0.3, 0.4) is 0 Å². The summed E-state index contributed by atoms with van der Waals surface area (Å²) in [6, 6.07) is 9.44. The second kappa shape index (κ2) is 6.36. The lowest BCUT2D eigenvalue weighted by molar-refractivity contribution is -0.129. The molecule has 0 heterocycles. The SMILES string of the molecule is Clc1ccccc1.O=C1CCCC(=O)C1. The van der Waals surface area contributed by atoms with Gasteiger partial charge in [0.2, 0.25) is 0 Å². The van der Waals surface area contributed by atoms with Gasteiger partial charge < -0.3 is 0 Å². The summed E-state index contributed by atoms with van der Waals surface area (Å²) >= 11 is 5.54. The van der Waals surface area contributed by atoms with Gasteiger partial charge in [-0.3, -0.25) is 9.59 Å². The molecule has 15 heavy (non-hydrogen) atoms. The van der Waals surface area contributed by atoms with E-state index in [1.54, 1.807) is 0 Å². The van der Waals surface area contributed by atoms with Crippen LogP contribution in [0, 0.1) is 0 Å². The van der Waals surface area contributed by atoms with Crippen LogP contribution in [-0.4, -0.2) is 11.6 Å². The van der Waals surface area contributed by atoms with Gasteiger partial charge in [0.05, 0.1) is 6.42 Å². The van der Waals surface area contributed by atoms with Crippen LogP contribution in [0.25, 0.3) is 0 Å². The third kappa shape index (κ3) is 5.33. The van der Waals surface area contributed by atoms with E-state index >= 15 is 0 Å². The Morgan fingerprint density at radius 1 is 0.933 bits per heavy atom.